The molecule has 0 spiro atoms. The number of H-pyrrole nitrogens is 1. The van der Waals surface area contributed by atoms with E-state index in [1.807, 2.05) is 24.5 Å². The van der Waals surface area contributed by atoms with Gasteiger partial charge in [-0.15, -0.1) is 0 Å². The third-order valence-corrected chi connectivity index (χ3v) is 5.42. The second-order valence-electron chi connectivity index (χ2n) is 7.94. The van der Waals surface area contributed by atoms with E-state index >= 15 is 0 Å². The third kappa shape index (κ3) is 3.05. The predicted octanol–water partition coefficient (Wildman–Crippen LogP) is 3.86. The standard InChI is InChI=1S/C21H25N5O/c1-5-12(2)25-20-23-10-16-15(9-22-18(16)26-20)13-6-7-14-17(8-13)21(3,4)11-24-19(14)27/h6-10,12H,5,11H2,1-4H3,(H,24,27)(H2,22,23,25,26). The molecule has 1 atom stereocenters. The molecule has 1 aromatic carbocycles. The number of aromatic nitrogens is 3. The van der Waals surface area contributed by atoms with Gasteiger partial charge in [-0.1, -0.05) is 26.8 Å². The summed E-state index contributed by atoms with van der Waals surface area (Å²) >= 11 is 0. The normalized spacial score (nSPS) is 16.7. The van der Waals surface area contributed by atoms with E-state index < -0.39 is 0 Å². The van der Waals surface area contributed by atoms with Crippen molar-refractivity contribution in [3.63, 3.8) is 0 Å². The summed E-state index contributed by atoms with van der Waals surface area (Å²) in [6.07, 6.45) is 4.83. The smallest absolute Gasteiger partial charge is 0.251 e. The van der Waals surface area contributed by atoms with E-state index in [1.165, 1.54) is 0 Å². The lowest BCUT2D eigenvalue weighted by Gasteiger charge is -2.32. The molecule has 3 N–H and O–H groups in total. The first-order valence-electron chi connectivity index (χ1n) is 9.43. The molecular weight excluding hydrogens is 338 g/mol. The minimum Gasteiger partial charge on any atom is -0.352 e. The molecule has 4 rings (SSSR count). The molecule has 0 fully saturated rings. The van der Waals surface area contributed by atoms with Gasteiger partial charge in [0.25, 0.3) is 5.91 Å². The number of hydrogen-bond acceptors (Lipinski definition) is 4. The Kier molecular flexibility index (Phi) is 4.13. The van der Waals surface area contributed by atoms with Gasteiger partial charge in [0.1, 0.15) is 5.65 Å². The topological polar surface area (TPSA) is 82.7 Å². The molecule has 3 aromatic rings. The zero-order valence-corrected chi connectivity index (χ0v) is 16.2. The van der Waals surface area contributed by atoms with Gasteiger partial charge in [0, 0.05) is 46.9 Å². The van der Waals surface area contributed by atoms with Crippen LogP contribution in [0.2, 0.25) is 0 Å². The first kappa shape index (κ1) is 17.5. The molecule has 27 heavy (non-hydrogen) atoms. The van der Waals surface area contributed by atoms with Crippen molar-refractivity contribution in [1.82, 2.24) is 20.3 Å². The summed E-state index contributed by atoms with van der Waals surface area (Å²) in [7, 11) is 0. The van der Waals surface area contributed by atoms with Gasteiger partial charge in [-0.05, 0) is 36.6 Å². The number of rotatable bonds is 4. The average molecular weight is 363 g/mol. The van der Waals surface area contributed by atoms with Crippen LogP contribution in [0.3, 0.4) is 0 Å². The number of benzene rings is 1. The van der Waals surface area contributed by atoms with Gasteiger partial charge in [-0.2, -0.15) is 4.98 Å². The third-order valence-electron chi connectivity index (χ3n) is 5.42. The highest BCUT2D eigenvalue weighted by atomic mass is 16.1. The monoisotopic (exact) mass is 363 g/mol. The molecule has 6 nitrogen and oxygen atoms in total. The summed E-state index contributed by atoms with van der Waals surface area (Å²) in [6.45, 7) is 9.18. The van der Waals surface area contributed by atoms with E-state index in [-0.39, 0.29) is 11.3 Å². The zero-order chi connectivity index (χ0) is 19.2. The second-order valence-corrected chi connectivity index (χ2v) is 7.94. The SMILES string of the molecule is CCC(C)Nc1ncc2c(-c3ccc4c(c3)C(C)(C)CNC4=O)c[nH]c2n1. The summed E-state index contributed by atoms with van der Waals surface area (Å²) in [5.74, 6) is 0.632. The van der Waals surface area contributed by atoms with Crippen LogP contribution in [-0.4, -0.2) is 33.4 Å². The molecule has 1 amide bonds. The lowest BCUT2D eigenvalue weighted by molar-refractivity contribution is 0.0930. The molecule has 1 aliphatic rings. The van der Waals surface area contributed by atoms with Crippen LogP contribution in [0.5, 0.6) is 0 Å². The summed E-state index contributed by atoms with van der Waals surface area (Å²) < 4.78 is 0. The fourth-order valence-electron chi connectivity index (χ4n) is 3.50. The molecule has 0 radical (unpaired) electrons. The summed E-state index contributed by atoms with van der Waals surface area (Å²) in [6, 6.07) is 6.36. The van der Waals surface area contributed by atoms with Gasteiger partial charge < -0.3 is 15.6 Å². The maximum Gasteiger partial charge on any atom is 0.251 e. The number of fused-ring (bicyclic) bond motifs is 2. The highest BCUT2D eigenvalue weighted by molar-refractivity contribution is 5.99. The number of aromatic amines is 1. The minimum absolute atomic E-state index is 0.00102. The number of nitrogens with one attached hydrogen (secondary N) is 3. The number of nitrogens with zero attached hydrogens (tertiary/aromatic N) is 2. The van der Waals surface area contributed by atoms with Crippen molar-refractivity contribution in [2.24, 2.45) is 0 Å². The quantitative estimate of drug-likeness (QED) is 0.657. The lowest BCUT2D eigenvalue weighted by atomic mass is 9.78. The number of anilines is 1. The summed E-state index contributed by atoms with van der Waals surface area (Å²) in [5.41, 5.74) is 4.65. The fourth-order valence-corrected chi connectivity index (χ4v) is 3.50. The van der Waals surface area contributed by atoms with Crippen molar-refractivity contribution >= 4 is 22.9 Å². The largest absolute Gasteiger partial charge is 0.352 e. The van der Waals surface area contributed by atoms with Gasteiger partial charge in [0.05, 0.1) is 0 Å². The molecule has 2 aromatic heterocycles. The van der Waals surface area contributed by atoms with Gasteiger partial charge in [0.15, 0.2) is 0 Å². The number of carbonyl (C=O) groups excluding carboxylic acids is 1. The predicted molar refractivity (Wildman–Crippen MR) is 108 cm³/mol. The molecule has 140 valence electrons. The van der Waals surface area contributed by atoms with Gasteiger partial charge in [0.2, 0.25) is 5.95 Å². The van der Waals surface area contributed by atoms with Crippen molar-refractivity contribution in [3.05, 3.63) is 41.7 Å². The molecule has 1 aliphatic heterocycles. The van der Waals surface area contributed by atoms with Crippen LogP contribution in [-0.2, 0) is 5.41 Å². The Morgan fingerprint density at radius 3 is 2.89 bits per heavy atom. The maximum atomic E-state index is 12.2. The summed E-state index contributed by atoms with van der Waals surface area (Å²) in [5, 5.41) is 7.24. The van der Waals surface area contributed by atoms with Crippen molar-refractivity contribution in [2.45, 2.75) is 45.6 Å². The fraction of sp³-hybridized carbons (Fsp3) is 0.381. The van der Waals surface area contributed by atoms with E-state index in [1.54, 1.807) is 0 Å². The first-order valence-corrected chi connectivity index (χ1v) is 9.43. The first-order chi connectivity index (χ1) is 12.9. The zero-order valence-electron chi connectivity index (χ0n) is 16.2. The second kappa shape index (κ2) is 6.37. The Morgan fingerprint density at radius 1 is 1.30 bits per heavy atom. The van der Waals surface area contributed by atoms with Gasteiger partial charge in [-0.3, -0.25) is 4.79 Å². The van der Waals surface area contributed by atoms with Crippen LogP contribution < -0.4 is 10.6 Å². The molecule has 0 aliphatic carbocycles. The van der Waals surface area contributed by atoms with Crippen molar-refractivity contribution < 1.29 is 4.79 Å². The molecule has 0 bridgehead atoms. The molecule has 0 saturated heterocycles. The van der Waals surface area contributed by atoms with E-state index in [0.29, 0.717) is 18.5 Å². The van der Waals surface area contributed by atoms with Gasteiger partial charge in [-0.25, -0.2) is 4.98 Å². The van der Waals surface area contributed by atoms with E-state index in [0.717, 1.165) is 39.7 Å². The molecule has 6 heteroatoms. The summed E-state index contributed by atoms with van der Waals surface area (Å²) in [4.78, 5) is 24.5. The molecule has 3 heterocycles. The van der Waals surface area contributed by atoms with Gasteiger partial charge >= 0.3 is 0 Å². The van der Waals surface area contributed by atoms with E-state index in [2.05, 4.69) is 59.3 Å². The van der Waals surface area contributed by atoms with Crippen LogP contribution >= 0.6 is 0 Å². The van der Waals surface area contributed by atoms with Crippen molar-refractivity contribution in [1.29, 1.82) is 0 Å². The lowest BCUT2D eigenvalue weighted by Crippen LogP contribution is -2.43. The Hall–Kier alpha value is -2.89. The van der Waals surface area contributed by atoms with Crippen LogP contribution in [0.15, 0.2) is 30.6 Å². The van der Waals surface area contributed by atoms with E-state index in [9.17, 15) is 4.79 Å². The van der Waals surface area contributed by atoms with Crippen LogP contribution in [0, 0.1) is 0 Å². The highest BCUT2D eigenvalue weighted by Crippen LogP contribution is 2.35. The van der Waals surface area contributed by atoms with E-state index in [4.69, 9.17) is 0 Å². The van der Waals surface area contributed by atoms with Crippen LogP contribution in [0.25, 0.3) is 22.2 Å². The van der Waals surface area contributed by atoms with Crippen molar-refractivity contribution in [2.75, 3.05) is 11.9 Å². The minimum atomic E-state index is -0.102. The number of carbonyl (C=O) groups is 1. The Morgan fingerprint density at radius 2 is 2.11 bits per heavy atom. The Labute approximate surface area is 158 Å². The molecule has 0 saturated carbocycles. The Balaban J connectivity index is 1.76. The number of hydrogen-bond donors (Lipinski definition) is 3. The number of amides is 1. The molecule has 1 unspecified atom stereocenters. The molecular formula is C21H25N5O. The average Bonchev–Trinajstić information content (AvgIpc) is 3.08. The van der Waals surface area contributed by atoms with Crippen LogP contribution in [0.4, 0.5) is 5.95 Å². The highest BCUT2D eigenvalue weighted by Gasteiger charge is 2.31. The van der Waals surface area contributed by atoms with Crippen LogP contribution in [0.1, 0.15) is 50.0 Å². The Bertz CT molecular complexity index is 1020. The van der Waals surface area contributed by atoms with Crippen molar-refractivity contribution in [3.8, 4) is 11.1 Å². The maximum absolute atomic E-state index is 12.2.